The Bertz CT molecular complexity index is 753. The molecule has 0 aliphatic rings. The summed E-state index contributed by atoms with van der Waals surface area (Å²) in [5, 5.41) is 8.51. The van der Waals surface area contributed by atoms with Gasteiger partial charge in [0.2, 0.25) is 0 Å². The number of carbonyl (C=O) groups is 2. The zero-order valence-corrected chi connectivity index (χ0v) is 17.0. The summed E-state index contributed by atoms with van der Waals surface area (Å²) in [6.45, 7) is 2.56. The van der Waals surface area contributed by atoms with Gasteiger partial charge in [0.25, 0.3) is 11.8 Å². The van der Waals surface area contributed by atoms with Gasteiger partial charge >= 0.3 is 0 Å². The first-order valence-electron chi connectivity index (χ1n) is 8.24. The van der Waals surface area contributed by atoms with E-state index >= 15 is 0 Å². The number of nitrogens with one attached hydrogen (secondary N) is 3. The van der Waals surface area contributed by atoms with Crippen LogP contribution in [0.3, 0.4) is 0 Å². The van der Waals surface area contributed by atoms with Crippen molar-refractivity contribution in [2.24, 2.45) is 0 Å². The van der Waals surface area contributed by atoms with Crippen LogP contribution in [-0.4, -0.2) is 38.0 Å². The third-order valence-electron chi connectivity index (χ3n) is 4.03. The fourth-order valence-electron chi connectivity index (χ4n) is 2.33. The van der Waals surface area contributed by atoms with Gasteiger partial charge in [-0.15, -0.1) is 11.3 Å². The van der Waals surface area contributed by atoms with Gasteiger partial charge in [0.1, 0.15) is 0 Å². The Morgan fingerprint density at radius 1 is 1.23 bits per heavy atom. The van der Waals surface area contributed by atoms with Crippen molar-refractivity contribution < 1.29 is 14.5 Å². The van der Waals surface area contributed by atoms with Crippen molar-refractivity contribution in [3.05, 3.63) is 50.6 Å². The summed E-state index contributed by atoms with van der Waals surface area (Å²) in [7, 11) is 1.82. The summed E-state index contributed by atoms with van der Waals surface area (Å²) in [6.07, 6.45) is 0.812. The minimum absolute atomic E-state index is 0.0682. The molecule has 3 N–H and O–H groups in total. The van der Waals surface area contributed by atoms with E-state index < -0.39 is 0 Å². The number of benzene rings is 1. The molecule has 140 valence electrons. The molecule has 0 saturated heterocycles. The lowest BCUT2D eigenvalue weighted by Gasteiger charge is -2.20. The monoisotopic (exact) mass is 414 g/mol. The average molecular weight is 415 g/mol. The molecular weight excluding hydrogens is 393 g/mol. The van der Waals surface area contributed by atoms with Crippen molar-refractivity contribution in [3.63, 3.8) is 0 Å². The SMILES string of the molecule is C[C@@H](C(=O)NCCc1cccs1)[NH+](C)CC(=O)Nc1ccc(Cl)c(Cl)c1. The van der Waals surface area contributed by atoms with Crippen LogP contribution >= 0.6 is 34.5 Å². The second-order valence-electron chi connectivity index (χ2n) is 6.04. The molecule has 8 heteroatoms. The molecule has 5 nitrogen and oxygen atoms in total. The summed E-state index contributed by atoms with van der Waals surface area (Å²) in [6, 6.07) is 8.61. The lowest BCUT2D eigenvalue weighted by molar-refractivity contribution is -0.885. The number of likely N-dealkylation sites (N-methyl/N-ethyl adjacent to an activating group) is 1. The van der Waals surface area contributed by atoms with Gasteiger partial charge < -0.3 is 15.5 Å². The van der Waals surface area contributed by atoms with E-state index in [4.69, 9.17) is 23.2 Å². The molecule has 0 aliphatic heterocycles. The highest BCUT2D eigenvalue weighted by Crippen LogP contribution is 2.24. The summed E-state index contributed by atoms with van der Waals surface area (Å²) < 4.78 is 0. The van der Waals surface area contributed by atoms with Gasteiger partial charge in [-0.2, -0.15) is 0 Å². The minimum atomic E-state index is -0.335. The second-order valence-corrected chi connectivity index (χ2v) is 7.89. The number of rotatable bonds is 8. The van der Waals surface area contributed by atoms with E-state index in [2.05, 4.69) is 10.6 Å². The Kier molecular flexibility index (Phi) is 7.90. The minimum Gasteiger partial charge on any atom is -0.351 e. The molecule has 1 aromatic heterocycles. The summed E-state index contributed by atoms with van der Waals surface area (Å²) in [5.41, 5.74) is 0.574. The van der Waals surface area contributed by atoms with Gasteiger partial charge in [0.15, 0.2) is 12.6 Å². The van der Waals surface area contributed by atoms with Gasteiger partial charge in [-0.05, 0) is 43.0 Å². The second kappa shape index (κ2) is 9.92. The molecule has 2 amide bonds. The maximum Gasteiger partial charge on any atom is 0.279 e. The van der Waals surface area contributed by atoms with Crippen LogP contribution in [-0.2, 0) is 16.0 Å². The molecule has 0 bridgehead atoms. The fraction of sp³-hybridized carbons (Fsp3) is 0.333. The van der Waals surface area contributed by atoms with E-state index in [9.17, 15) is 9.59 Å². The lowest BCUT2D eigenvalue weighted by atomic mass is 10.2. The molecule has 0 radical (unpaired) electrons. The molecule has 0 fully saturated rings. The Morgan fingerprint density at radius 2 is 2.00 bits per heavy atom. The highest BCUT2D eigenvalue weighted by molar-refractivity contribution is 7.09. The Hall–Kier alpha value is -1.60. The summed E-state index contributed by atoms with van der Waals surface area (Å²) in [4.78, 5) is 26.5. The molecule has 0 saturated carbocycles. The van der Waals surface area contributed by atoms with Crippen molar-refractivity contribution >= 4 is 52.0 Å². The molecular formula is C18H22Cl2N3O2S+. The Balaban J connectivity index is 1.77. The van der Waals surface area contributed by atoms with Crippen LogP contribution in [0.4, 0.5) is 5.69 Å². The van der Waals surface area contributed by atoms with Crippen LogP contribution in [0, 0.1) is 0 Å². The molecule has 0 spiro atoms. The smallest absolute Gasteiger partial charge is 0.279 e. The predicted molar refractivity (Wildman–Crippen MR) is 107 cm³/mol. The highest BCUT2D eigenvalue weighted by Gasteiger charge is 2.23. The first-order valence-corrected chi connectivity index (χ1v) is 9.87. The van der Waals surface area contributed by atoms with Gasteiger partial charge in [-0.1, -0.05) is 29.3 Å². The van der Waals surface area contributed by atoms with Crippen LogP contribution in [0.25, 0.3) is 0 Å². The molecule has 1 heterocycles. The summed E-state index contributed by atoms with van der Waals surface area (Å²) in [5.74, 6) is -0.263. The van der Waals surface area contributed by atoms with Crippen molar-refractivity contribution in [3.8, 4) is 0 Å². The van der Waals surface area contributed by atoms with Crippen LogP contribution in [0.15, 0.2) is 35.7 Å². The maximum atomic E-state index is 12.2. The quantitative estimate of drug-likeness (QED) is 0.620. The number of quaternary nitrogens is 1. The largest absolute Gasteiger partial charge is 0.351 e. The van der Waals surface area contributed by atoms with E-state index in [0.717, 1.165) is 11.3 Å². The van der Waals surface area contributed by atoms with Gasteiger partial charge in [0, 0.05) is 17.1 Å². The Morgan fingerprint density at radius 3 is 2.65 bits per heavy atom. The summed E-state index contributed by atoms with van der Waals surface area (Å²) >= 11 is 13.5. The Labute approximate surface area is 167 Å². The normalized spacial score (nSPS) is 13.1. The van der Waals surface area contributed by atoms with Gasteiger partial charge in [-0.25, -0.2) is 0 Å². The highest BCUT2D eigenvalue weighted by atomic mass is 35.5. The molecule has 2 aromatic rings. The number of hydrogen-bond donors (Lipinski definition) is 3. The zero-order chi connectivity index (χ0) is 19.1. The standard InChI is InChI=1S/C18H21Cl2N3O2S/c1-12(18(25)21-8-7-14-4-3-9-26-14)23(2)11-17(24)22-13-5-6-15(19)16(20)10-13/h3-6,9-10,12H,7-8,11H2,1-2H3,(H,21,25)(H,22,24)/p+1/t12-/m0/s1. The topological polar surface area (TPSA) is 62.6 Å². The van der Waals surface area contributed by atoms with E-state index in [1.807, 2.05) is 31.5 Å². The van der Waals surface area contributed by atoms with Crippen LogP contribution < -0.4 is 15.5 Å². The molecule has 1 unspecified atom stereocenters. The van der Waals surface area contributed by atoms with Crippen molar-refractivity contribution in [2.45, 2.75) is 19.4 Å². The lowest BCUT2D eigenvalue weighted by Crippen LogP contribution is -3.15. The maximum absolute atomic E-state index is 12.2. The van der Waals surface area contributed by atoms with Gasteiger partial charge in [-0.3, -0.25) is 9.59 Å². The van der Waals surface area contributed by atoms with Crippen molar-refractivity contribution in [1.29, 1.82) is 0 Å². The number of carbonyl (C=O) groups excluding carboxylic acids is 2. The first-order chi connectivity index (χ1) is 12.4. The third-order valence-corrected chi connectivity index (χ3v) is 5.70. The van der Waals surface area contributed by atoms with Crippen molar-refractivity contribution in [1.82, 2.24) is 5.32 Å². The molecule has 26 heavy (non-hydrogen) atoms. The molecule has 2 atom stereocenters. The van der Waals surface area contributed by atoms with E-state index in [1.165, 1.54) is 4.88 Å². The van der Waals surface area contributed by atoms with Crippen LogP contribution in [0.2, 0.25) is 10.0 Å². The van der Waals surface area contributed by atoms with Crippen LogP contribution in [0.5, 0.6) is 0 Å². The number of anilines is 1. The van der Waals surface area contributed by atoms with E-state index in [1.54, 1.807) is 29.5 Å². The van der Waals surface area contributed by atoms with E-state index in [-0.39, 0.29) is 24.4 Å². The van der Waals surface area contributed by atoms with Crippen LogP contribution in [0.1, 0.15) is 11.8 Å². The molecule has 1 aromatic carbocycles. The van der Waals surface area contributed by atoms with Crippen molar-refractivity contribution in [2.75, 3.05) is 25.5 Å². The van der Waals surface area contributed by atoms with Gasteiger partial charge in [0.05, 0.1) is 17.1 Å². The number of amides is 2. The number of hydrogen-bond acceptors (Lipinski definition) is 3. The number of halogens is 2. The number of thiophene rings is 1. The third kappa shape index (κ3) is 6.29. The average Bonchev–Trinajstić information content (AvgIpc) is 3.10. The first kappa shape index (κ1) is 20.7. The zero-order valence-electron chi connectivity index (χ0n) is 14.6. The molecule has 2 rings (SSSR count). The molecule has 0 aliphatic carbocycles. The predicted octanol–water partition coefficient (Wildman–Crippen LogP) is 2.26. The van der Waals surface area contributed by atoms with E-state index in [0.29, 0.717) is 22.3 Å². The fourth-order valence-corrected chi connectivity index (χ4v) is 3.33.